The van der Waals surface area contributed by atoms with E-state index in [0.29, 0.717) is 39.3 Å². The van der Waals surface area contributed by atoms with Gasteiger partial charge in [0.05, 0.1) is 13.1 Å². The summed E-state index contributed by atoms with van der Waals surface area (Å²) in [7, 11) is 0. The van der Waals surface area contributed by atoms with Crippen LogP contribution in [0.1, 0.15) is 207 Å². The van der Waals surface area contributed by atoms with Crippen molar-refractivity contribution in [3.63, 3.8) is 0 Å². The van der Waals surface area contributed by atoms with Crippen molar-refractivity contribution < 1.29 is 9.59 Å². The SMILES string of the molecule is CCCCCCCCCNCC(=O)N1CCN(C(=O)CN(CCCCCCCCC)CCN(CCCCCCCCC)CCCCCCCCC)CC1. The van der Waals surface area contributed by atoms with E-state index in [2.05, 4.69) is 42.8 Å². The van der Waals surface area contributed by atoms with E-state index in [0.717, 1.165) is 32.6 Å². The first-order valence-corrected chi connectivity index (χ1v) is 23.8. The summed E-state index contributed by atoms with van der Waals surface area (Å²) in [4.78, 5) is 35.8. The number of hydrogen-bond donors (Lipinski definition) is 1. The number of rotatable bonds is 39. The van der Waals surface area contributed by atoms with Crippen LogP contribution in [-0.2, 0) is 9.59 Å². The minimum atomic E-state index is 0.183. The van der Waals surface area contributed by atoms with Gasteiger partial charge in [-0.05, 0) is 51.9 Å². The molecule has 0 radical (unpaired) electrons. The minimum absolute atomic E-state index is 0.183. The number of carbonyl (C=O) groups is 2. The highest BCUT2D eigenvalue weighted by Gasteiger charge is 2.25. The Morgan fingerprint density at radius 3 is 1.13 bits per heavy atom. The van der Waals surface area contributed by atoms with Crippen molar-refractivity contribution in [2.75, 3.05) is 78.5 Å². The van der Waals surface area contributed by atoms with Crippen molar-refractivity contribution >= 4 is 11.8 Å². The number of unbranched alkanes of at least 4 members (excludes halogenated alkanes) is 24. The summed E-state index contributed by atoms with van der Waals surface area (Å²) < 4.78 is 0. The molecule has 0 spiro atoms. The molecule has 1 saturated heterocycles. The number of nitrogens with one attached hydrogen (secondary N) is 1. The van der Waals surface area contributed by atoms with Gasteiger partial charge >= 0.3 is 0 Å². The molecule has 0 saturated carbocycles. The normalized spacial score (nSPS) is 13.5. The van der Waals surface area contributed by atoms with Crippen LogP contribution in [0, 0.1) is 0 Å². The topological polar surface area (TPSA) is 59.1 Å². The fraction of sp³-hybridized carbons (Fsp3) is 0.957. The summed E-state index contributed by atoms with van der Waals surface area (Å²) in [5.74, 6) is 0.436. The van der Waals surface area contributed by atoms with E-state index in [9.17, 15) is 9.59 Å². The van der Waals surface area contributed by atoms with Gasteiger partial charge in [0.15, 0.2) is 0 Å². The predicted molar refractivity (Wildman–Crippen MR) is 231 cm³/mol. The van der Waals surface area contributed by atoms with Crippen LogP contribution in [0.15, 0.2) is 0 Å². The summed E-state index contributed by atoms with van der Waals surface area (Å²) in [5.41, 5.74) is 0. The Labute approximate surface area is 331 Å². The number of piperazine rings is 1. The van der Waals surface area contributed by atoms with Gasteiger partial charge in [-0.1, -0.05) is 182 Å². The van der Waals surface area contributed by atoms with Crippen LogP contribution >= 0.6 is 0 Å². The third-order valence-electron chi connectivity index (χ3n) is 11.5. The van der Waals surface area contributed by atoms with Gasteiger partial charge < -0.3 is 20.0 Å². The van der Waals surface area contributed by atoms with Crippen LogP contribution in [0.4, 0.5) is 0 Å². The van der Waals surface area contributed by atoms with E-state index in [1.165, 1.54) is 186 Å². The molecule has 1 fully saturated rings. The second-order valence-corrected chi connectivity index (χ2v) is 16.5. The fourth-order valence-electron chi connectivity index (χ4n) is 7.78. The molecule has 1 heterocycles. The highest BCUT2D eigenvalue weighted by atomic mass is 16.2. The molecule has 0 atom stereocenters. The molecule has 314 valence electrons. The summed E-state index contributed by atoms with van der Waals surface area (Å²) in [6, 6.07) is 0. The van der Waals surface area contributed by atoms with Crippen LogP contribution < -0.4 is 5.32 Å². The molecule has 1 N–H and O–H groups in total. The average molecular weight is 748 g/mol. The van der Waals surface area contributed by atoms with Crippen molar-refractivity contribution in [1.29, 1.82) is 0 Å². The lowest BCUT2D eigenvalue weighted by atomic mass is 10.1. The summed E-state index contributed by atoms with van der Waals surface area (Å²) in [5, 5.41) is 3.38. The smallest absolute Gasteiger partial charge is 0.236 e. The first-order valence-electron chi connectivity index (χ1n) is 23.8. The first kappa shape index (κ1) is 49.8. The second kappa shape index (κ2) is 37.7. The molecular weight excluding hydrogens is 655 g/mol. The molecule has 2 amide bonds. The van der Waals surface area contributed by atoms with Gasteiger partial charge in [-0.15, -0.1) is 0 Å². The maximum atomic E-state index is 13.7. The summed E-state index contributed by atoms with van der Waals surface area (Å²) in [6.45, 7) is 19.1. The van der Waals surface area contributed by atoms with E-state index < -0.39 is 0 Å². The molecule has 0 aliphatic carbocycles. The second-order valence-electron chi connectivity index (χ2n) is 16.5. The van der Waals surface area contributed by atoms with Gasteiger partial charge in [-0.25, -0.2) is 0 Å². The standard InChI is InChI=1S/C46H93N5O2/c1-5-9-13-17-21-25-29-33-47-43-45(52)50-39-41-51(42-40-50)46(53)44-49(36-32-28-24-20-16-12-8-4)38-37-48(34-30-26-22-18-14-10-6-2)35-31-27-23-19-15-11-7-3/h47H,5-44H2,1-4H3. The first-order chi connectivity index (χ1) is 26.0. The molecule has 0 aromatic rings. The predicted octanol–water partition coefficient (Wildman–Crippen LogP) is 10.9. The van der Waals surface area contributed by atoms with Crippen LogP contribution in [0.3, 0.4) is 0 Å². The van der Waals surface area contributed by atoms with Crippen LogP contribution in [0.5, 0.6) is 0 Å². The Balaban J connectivity index is 2.59. The van der Waals surface area contributed by atoms with Crippen LogP contribution in [-0.4, -0.2) is 110 Å². The van der Waals surface area contributed by atoms with Crippen molar-refractivity contribution in [3.8, 4) is 0 Å². The molecule has 1 aliphatic rings. The quantitative estimate of drug-likeness (QED) is 0.0635. The molecule has 7 heteroatoms. The average Bonchev–Trinajstić information content (AvgIpc) is 3.17. The van der Waals surface area contributed by atoms with Crippen molar-refractivity contribution in [2.24, 2.45) is 0 Å². The molecule has 0 unspecified atom stereocenters. The van der Waals surface area contributed by atoms with Crippen molar-refractivity contribution in [1.82, 2.24) is 24.9 Å². The summed E-state index contributed by atoms with van der Waals surface area (Å²) >= 11 is 0. The third-order valence-corrected chi connectivity index (χ3v) is 11.5. The molecule has 0 aromatic carbocycles. The third kappa shape index (κ3) is 29.7. The molecule has 1 rings (SSSR count). The lowest BCUT2D eigenvalue weighted by molar-refractivity contribution is -0.139. The molecule has 1 aliphatic heterocycles. The summed E-state index contributed by atoms with van der Waals surface area (Å²) in [6.07, 6.45) is 37.1. The zero-order valence-corrected chi connectivity index (χ0v) is 36.4. The van der Waals surface area contributed by atoms with Gasteiger partial charge in [0.2, 0.25) is 11.8 Å². The lowest BCUT2D eigenvalue weighted by Gasteiger charge is -2.36. The number of amides is 2. The van der Waals surface area contributed by atoms with Crippen LogP contribution in [0.25, 0.3) is 0 Å². The monoisotopic (exact) mass is 748 g/mol. The Morgan fingerprint density at radius 1 is 0.396 bits per heavy atom. The van der Waals surface area contributed by atoms with Crippen LogP contribution in [0.2, 0.25) is 0 Å². The molecule has 0 aromatic heterocycles. The number of nitrogens with zero attached hydrogens (tertiary/aromatic N) is 4. The van der Waals surface area contributed by atoms with Gasteiger partial charge in [0, 0.05) is 39.3 Å². The maximum Gasteiger partial charge on any atom is 0.236 e. The molecule has 7 nitrogen and oxygen atoms in total. The fourth-order valence-corrected chi connectivity index (χ4v) is 7.78. The molecule has 53 heavy (non-hydrogen) atoms. The Bertz CT molecular complexity index is 785. The van der Waals surface area contributed by atoms with E-state index in [-0.39, 0.29) is 11.8 Å². The highest BCUT2D eigenvalue weighted by Crippen LogP contribution is 2.13. The molecule has 0 bridgehead atoms. The van der Waals surface area contributed by atoms with Gasteiger partial charge in [0.1, 0.15) is 0 Å². The minimum Gasteiger partial charge on any atom is -0.338 e. The largest absolute Gasteiger partial charge is 0.338 e. The van der Waals surface area contributed by atoms with Gasteiger partial charge in [0.25, 0.3) is 0 Å². The van der Waals surface area contributed by atoms with E-state index >= 15 is 0 Å². The zero-order valence-electron chi connectivity index (χ0n) is 36.4. The Hall–Kier alpha value is -1.18. The number of hydrogen-bond acceptors (Lipinski definition) is 5. The maximum absolute atomic E-state index is 13.7. The van der Waals surface area contributed by atoms with E-state index in [4.69, 9.17) is 0 Å². The van der Waals surface area contributed by atoms with E-state index in [1.54, 1.807) is 0 Å². The van der Waals surface area contributed by atoms with Crippen molar-refractivity contribution in [3.05, 3.63) is 0 Å². The molecular formula is C46H93N5O2. The number of carbonyl (C=O) groups excluding carboxylic acids is 2. The highest BCUT2D eigenvalue weighted by molar-refractivity contribution is 5.80. The van der Waals surface area contributed by atoms with E-state index in [1.807, 2.05) is 9.80 Å². The van der Waals surface area contributed by atoms with Crippen molar-refractivity contribution in [2.45, 2.75) is 207 Å². The Kier molecular flexibility index (Phi) is 35.5. The van der Waals surface area contributed by atoms with Gasteiger partial charge in [-0.2, -0.15) is 0 Å². The zero-order chi connectivity index (χ0) is 38.5. The Morgan fingerprint density at radius 2 is 0.717 bits per heavy atom. The lowest BCUT2D eigenvalue weighted by Crippen LogP contribution is -2.54. The van der Waals surface area contributed by atoms with Gasteiger partial charge in [-0.3, -0.25) is 14.5 Å².